The van der Waals surface area contributed by atoms with Crippen molar-refractivity contribution in [3.05, 3.63) is 66.0 Å². The molecule has 1 aromatic carbocycles. The minimum absolute atomic E-state index is 0.0990. The first-order valence-electron chi connectivity index (χ1n) is 8.66. The number of aromatic amines is 1. The number of hydrogen-bond donors (Lipinski definition) is 2. The van der Waals surface area contributed by atoms with Gasteiger partial charge >= 0.3 is 6.18 Å². The predicted molar refractivity (Wildman–Crippen MR) is 105 cm³/mol. The standard InChI is InChI=1S/C19H12F3N7OS/c20-19(21,22)13-5-3-11(4-6-13)14-8-15(27-17(26-14)25-10-23)31-18-29-28-16(30-18)12-2-1-7-24-9-12/h1-10H,(H2,23,25,26,27). The highest BCUT2D eigenvalue weighted by Crippen LogP contribution is 2.32. The van der Waals surface area contributed by atoms with Gasteiger partial charge in [-0.05, 0) is 42.1 Å². The Bertz CT molecular complexity index is 1270. The maximum absolute atomic E-state index is 12.8. The van der Waals surface area contributed by atoms with E-state index in [4.69, 9.17) is 9.83 Å². The van der Waals surface area contributed by atoms with Gasteiger partial charge in [-0.1, -0.05) is 12.1 Å². The summed E-state index contributed by atoms with van der Waals surface area (Å²) in [6.07, 6.45) is -0.415. The summed E-state index contributed by atoms with van der Waals surface area (Å²) in [6.45, 7) is 0. The number of alkyl halides is 3. The third kappa shape index (κ3) is 4.86. The van der Waals surface area contributed by atoms with Crippen LogP contribution in [0.25, 0.3) is 22.7 Å². The molecule has 0 radical (unpaired) electrons. The Morgan fingerprint density at radius 3 is 2.58 bits per heavy atom. The van der Waals surface area contributed by atoms with Crippen LogP contribution in [0, 0.1) is 5.41 Å². The van der Waals surface area contributed by atoms with Crippen LogP contribution < -0.4 is 5.62 Å². The number of H-pyrrole nitrogens is 1. The molecule has 0 saturated carbocycles. The summed E-state index contributed by atoms with van der Waals surface area (Å²) in [4.78, 5) is 15.0. The first-order valence-corrected chi connectivity index (χ1v) is 9.47. The van der Waals surface area contributed by atoms with E-state index in [0.717, 1.165) is 30.2 Å². The number of nitrogens with one attached hydrogen (secondary N) is 2. The van der Waals surface area contributed by atoms with E-state index in [-0.39, 0.29) is 16.7 Å². The van der Waals surface area contributed by atoms with Crippen molar-refractivity contribution in [3.8, 4) is 22.7 Å². The van der Waals surface area contributed by atoms with Gasteiger partial charge < -0.3 is 9.40 Å². The van der Waals surface area contributed by atoms with Gasteiger partial charge in [0, 0.05) is 18.0 Å². The fourth-order valence-electron chi connectivity index (χ4n) is 2.55. The molecule has 31 heavy (non-hydrogen) atoms. The van der Waals surface area contributed by atoms with E-state index in [2.05, 4.69) is 30.1 Å². The van der Waals surface area contributed by atoms with Crippen LogP contribution in [0.4, 0.5) is 13.2 Å². The second kappa shape index (κ2) is 8.52. The van der Waals surface area contributed by atoms with Crippen LogP contribution >= 0.6 is 11.8 Å². The molecule has 8 nitrogen and oxygen atoms in total. The number of aromatic nitrogens is 5. The predicted octanol–water partition coefficient (Wildman–Crippen LogP) is 4.20. The first kappa shape index (κ1) is 20.5. The first-order chi connectivity index (χ1) is 14.9. The van der Waals surface area contributed by atoms with Crippen molar-refractivity contribution in [2.24, 2.45) is 4.99 Å². The van der Waals surface area contributed by atoms with Crippen LogP contribution in [0.1, 0.15) is 5.56 Å². The summed E-state index contributed by atoms with van der Waals surface area (Å²) in [7, 11) is 0. The van der Waals surface area contributed by atoms with Crippen LogP contribution in [0.15, 0.2) is 74.5 Å². The van der Waals surface area contributed by atoms with Gasteiger partial charge in [0.1, 0.15) is 6.34 Å². The second-order valence-electron chi connectivity index (χ2n) is 6.00. The van der Waals surface area contributed by atoms with Crippen LogP contribution in [0.3, 0.4) is 0 Å². The zero-order valence-corrected chi connectivity index (χ0v) is 16.3. The lowest BCUT2D eigenvalue weighted by atomic mass is 10.1. The molecule has 0 unspecified atom stereocenters. The van der Waals surface area contributed by atoms with E-state index in [9.17, 15) is 13.2 Å². The summed E-state index contributed by atoms with van der Waals surface area (Å²) in [5, 5.41) is 15.9. The third-order valence-corrected chi connectivity index (χ3v) is 4.72. The monoisotopic (exact) mass is 443 g/mol. The molecule has 4 rings (SSSR count). The van der Waals surface area contributed by atoms with E-state index >= 15 is 0 Å². The molecule has 156 valence electrons. The highest BCUT2D eigenvalue weighted by atomic mass is 32.2. The molecule has 0 amide bonds. The Hall–Kier alpha value is -3.80. The van der Waals surface area contributed by atoms with Crippen molar-refractivity contribution in [3.63, 3.8) is 0 Å². The number of hydrogen-bond acceptors (Lipinski definition) is 7. The molecular formula is C19H12F3N7OS. The summed E-state index contributed by atoms with van der Waals surface area (Å²) in [5.74, 6) is 0.289. The van der Waals surface area contributed by atoms with Crippen molar-refractivity contribution >= 4 is 18.1 Å². The van der Waals surface area contributed by atoms with E-state index in [1.54, 1.807) is 30.6 Å². The SMILES string of the molecule is N=C/N=c1/nc(-c2ccc(C(F)(F)F)cc2)cc(Sc2nnc(-c3cccnc3)o2)[nH]1. The van der Waals surface area contributed by atoms with E-state index in [0.29, 0.717) is 21.8 Å². The van der Waals surface area contributed by atoms with Crippen molar-refractivity contribution in [1.29, 1.82) is 5.41 Å². The maximum atomic E-state index is 12.8. The number of rotatable bonds is 5. The summed E-state index contributed by atoms with van der Waals surface area (Å²) < 4.78 is 44.1. The van der Waals surface area contributed by atoms with Gasteiger partial charge in [-0.25, -0.2) is 9.98 Å². The van der Waals surface area contributed by atoms with Crippen LogP contribution in [0.2, 0.25) is 0 Å². The van der Waals surface area contributed by atoms with Crippen molar-refractivity contribution in [1.82, 2.24) is 25.1 Å². The Kier molecular flexibility index (Phi) is 5.62. The molecule has 4 aromatic rings. The average molecular weight is 443 g/mol. The zero-order chi connectivity index (χ0) is 21.8. The molecule has 0 spiro atoms. The molecule has 12 heteroatoms. The van der Waals surface area contributed by atoms with Gasteiger partial charge in [0.25, 0.3) is 5.22 Å². The van der Waals surface area contributed by atoms with Crippen molar-refractivity contribution in [2.75, 3.05) is 0 Å². The lowest BCUT2D eigenvalue weighted by Crippen LogP contribution is -2.14. The molecule has 0 aliphatic rings. The highest BCUT2D eigenvalue weighted by molar-refractivity contribution is 7.99. The smallest absolute Gasteiger partial charge is 0.411 e. The molecular weight excluding hydrogens is 431 g/mol. The van der Waals surface area contributed by atoms with E-state index < -0.39 is 11.7 Å². The Morgan fingerprint density at radius 1 is 1.10 bits per heavy atom. The Morgan fingerprint density at radius 2 is 1.90 bits per heavy atom. The van der Waals surface area contributed by atoms with Crippen molar-refractivity contribution < 1.29 is 17.6 Å². The van der Waals surface area contributed by atoms with E-state index in [1.165, 1.54) is 12.1 Å². The number of pyridine rings is 1. The Balaban J connectivity index is 1.66. The van der Waals surface area contributed by atoms with Gasteiger partial charge in [-0.15, -0.1) is 10.2 Å². The number of halogens is 3. The van der Waals surface area contributed by atoms with Gasteiger partial charge in [-0.2, -0.15) is 13.2 Å². The van der Waals surface area contributed by atoms with Crippen LogP contribution in [-0.4, -0.2) is 31.5 Å². The summed E-state index contributed by atoms with van der Waals surface area (Å²) in [5.41, 5.74) is 0.813. The minimum Gasteiger partial charge on any atom is -0.411 e. The third-order valence-electron chi connectivity index (χ3n) is 3.94. The fraction of sp³-hybridized carbons (Fsp3) is 0.0526. The fourth-order valence-corrected chi connectivity index (χ4v) is 3.25. The molecule has 0 fully saturated rings. The molecule has 0 saturated heterocycles. The van der Waals surface area contributed by atoms with Gasteiger partial charge in [0.15, 0.2) is 0 Å². The maximum Gasteiger partial charge on any atom is 0.416 e. The Labute approximate surface area is 176 Å². The zero-order valence-electron chi connectivity index (χ0n) is 15.5. The van der Waals surface area contributed by atoms with Crippen LogP contribution in [-0.2, 0) is 6.18 Å². The molecule has 0 atom stereocenters. The lowest BCUT2D eigenvalue weighted by molar-refractivity contribution is -0.137. The number of nitrogens with zero attached hydrogens (tertiary/aromatic N) is 5. The quantitative estimate of drug-likeness (QED) is 0.271. The lowest BCUT2D eigenvalue weighted by Gasteiger charge is -2.08. The second-order valence-corrected chi connectivity index (χ2v) is 7.00. The molecule has 2 N–H and O–H groups in total. The van der Waals surface area contributed by atoms with Gasteiger partial charge in [0.2, 0.25) is 11.5 Å². The van der Waals surface area contributed by atoms with Crippen molar-refractivity contribution in [2.45, 2.75) is 16.4 Å². The van der Waals surface area contributed by atoms with E-state index in [1.807, 2.05) is 0 Å². The minimum atomic E-state index is -4.43. The topological polar surface area (TPSA) is 117 Å². The molecule has 3 heterocycles. The van der Waals surface area contributed by atoms with Gasteiger partial charge in [-0.3, -0.25) is 10.4 Å². The molecule has 0 aliphatic carbocycles. The highest BCUT2D eigenvalue weighted by Gasteiger charge is 2.30. The molecule has 3 aromatic heterocycles. The largest absolute Gasteiger partial charge is 0.416 e. The molecule has 0 bridgehead atoms. The number of benzene rings is 1. The summed E-state index contributed by atoms with van der Waals surface area (Å²) in [6, 6.07) is 9.73. The summed E-state index contributed by atoms with van der Waals surface area (Å²) >= 11 is 1.09. The normalized spacial score (nSPS) is 12.2. The average Bonchev–Trinajstić information content (AvgIpc) is 3.22. The van der Waals surface area contributed by atoms with Crippen LogP contribution in [0.5, 0.6) is 0 Å². The van der Waals surface area contributed by atoms with Gasteiger partial charge in [0.05, 0.1) is 21.8 Å². The molecule has 0 aliphatic heterocycles.